The highest BCUT2D eigenvalue weighted by Gasteiger charge is 2.16. The van der Waals surface area contributed by atoms with Crippen LogP contribution in [0.4, 0.5) is 0 Å². The smallest absolute Gasteiger partial charge is 0.00138 e. The molecule has 2 fully saturated rings. The van der Waals surface area contributed by atoms with Crippen molar-refractivity contribution in [2.24, 2.45) is 10.8 Å². The molecule has 2 heterocycles. The third kappa shape index (κ3) is 12.0. The van der Waals surface area contributed by atoms with E-state index in [0.29, 0.717) is 10.8 Å². The molecule has 0 atom stereocenters. The number of rotatable bonds is 4. The Bertz CT molecular complexity index is 286. The van der Waals surface area contributed by atoms with Crippen molar-refractivity contribution in [3.05, 3.63) is 0 Å². The van der Waals surface area contributed by atoms with Gasteiger partial charge >= 0.3 is 0 Å². The number of piperidine rings is 1. The Hall–Kier alpha value is -0.0800. The van der Waals surface area contributed by atoms with Crippen LogP contribution in [0.2, 0.25) is 0 Å². The Morgan fingerprint density at radius 1 is 0.522 bits per heavy atom. The Kier molecular flexibility index (Phi) is 9.15. The summed E-state index contributed by atoms with van der Waals surface area (Å²) in [6.45, 7) is 21.9. The van der Waals surface area contributed by atoms with E-state index in [2.05, 4.69) is 51.3 Å². The molecule has 0 aromatic carbocycles. The molecule has 0 radical (unpaired) electrons. The fraction of sp³-hybridized carbons (Fsp3) is 1.00. The van der Waals surface area contributed by atoms with Gasteiger partial charge in [-0.1, -0.05) is 48.0 Å². The SMILES string of the molecule is CC(C)(C)CCN1CCCC1.CC(C)(C)CCN1CCCCC1. The number of likely N-dealkylation sites (tertiary alicyclic amines) is 2. The largest absolute Gasteiger partial charge is 0.303 e. The molecule has 0 aromatic heterocycles. The molecule has 0 aliphatic carbocycles. The summed E-state index contributed by atoms with van der Waals surface area (Å²) in [7, 11) is 0. The predicted octanol–water partition coefficient (Wildman–Crippen LogP) is 5.43. The summed E-state index contributed by atoms with van der Waals surface area (Å²) in [6, 6.07) is 0. The maximum atomic E-state index is 2.62. The van der Waals surface area contributed by atoms with Crippen LogP contribution in [0.15, 0.2) is 0 Å². The van der Waals surface area contributed by atoms with Gasteiger partial charge in [-0.25, -0.2) is 0 Å². The summed E-state index contributed by atoms with van der Waals surface area (Å²) in [5.41, 5.74) is 1.03. The second kappa shape index (κ2) is 10.0. The lowest BCUT2D eigenvalue weighted by atomic mass is 9.92. The molecule has 2 heteroatoms. The average Bonchev–Trinajstić information content (AvgIpc) is 2.97. The molecule has 2 saturated heterocycles. The normalized spacial score (nSPS) is 21.1. The van der Waals surface area contributed by atoms with Crippen LogP contribution in [0, 0.1) is 10.8 Å². The standard InChI is InChI=1S/C11H23N.C10H21N/c1-11(2,3)7-10-12-8-5-4-6-9-12;1-10(2,3)6-9-11-7-4-5-8-11/h4-10H2,1-3H3;4-9H2,1-3H3. The molecule has 2 aliphatic rings. The quantitative estimate of drug-likeness (QED) is 0.680. The monoisotopic (exact) mass is 324 g/mol. The summed E-state index contributed by atoms with van der Waals surface area (Å²) in [5, 5.41) is 0. The number of hydrogen-bond acceptors (Lipinski definition) is 2. The minimum atomic E-state index is 0.511. The van der Waals surface area contributed by atoms with Crippen LogP contribution in [-0.4, -0.2) is 49.1 Å². The zero-order valence-electron chi connectivity index (χ0n) is 17.1. The Labute approximate surface area is 147 Å². The zero-order valence-corrected chi connectivity index (χ0v) is 17.1. The van der Waals surface area contributed by atoms with Crippen molar-refractivity contribution in [1.82, 2.24) is 9.80 Å². The van der Waals surface area contributed by atoms with Crippen molar-refractivity contribution in [3.63, 3.8) is 0 Å². The second-order valence-corrected chi connectivity index (χ2v) is 10.1. The van der Waals surface area contributed by atoms with Crippen molar-refractivity contribution in [3.8, 4) is 0 Å². The summed E-state index contributed by atoms with van der Waals surface area (Å²) < 4.78 is 0. The first-order valence-corrected chi connectivity index (χ1v) is 10.1. The van der Waals surface area contributed by atoms with Crippen LogP contribution < -0.4 is 0 Å². The van der Waals surface area contributed by atoms with Gasteiger partial charge in [0, 0.05) is 0 Å². The molecule has 138 valence electrons. The molecule has 2 aliphatic heterocycles. The molecular weight excluding hydrogens is 280 g/mol. The van der Waals surface area contributed by atoms with E-state index in [-0.39, 0.29) is 0 Å². The van der Waals surface area contributed by atoms with E-state index >= 15 is 0 Å². The van der Waals surface area contributed by atoms with Crippen LogP contribution >= 0.6 is 0 Å². The van der Waals surface area contributed by atoms with Crippen LogP contribution in [0.3, 0.4) is 0 Å². The summed E-state index contributed by atoms with van der Waals surface area (Å²) >= 11 is 0. The highest BCUT2D eigenvalue weighted by Crippen LogP contribution is 2.21. The maximum Gasteiger partial charge on any atom is -0.00138 e. The van der Waals surface area contributed by atoms with Gasteiger partial charge in [0.25, 0.3) is 0 Å². The van der Waals surface area contributed by atoms with Gasteiger partial charge in [0.05, 0.1) is 0 Å². The Morgan fingerprint density at radius 2 is 0.826 bits per heavy atom. The molecular formula is C21H44N2. The number of hydrogen-bond donors (Lipinski definition) is 0. The predicted molar refractivity (Wildman–Crippen MR) is 104 cm³/mol. The topological polar surface area (TPSA) is 6.48 Å². The van der Waals surface area contributed by atoms with Crippen molar-refractivity contribution >= 4 is 0 Å². The summed E-state index contributed by atoms with van der Waals surface area (Å²) in [6.07, 6.45) is 9.81. The van der Waals surface area contributed by atoms with E-state index in [0.717, 1.165) is 0 Å². The van der Waals surface area contributed by atoms with Crippen LogP contribution in [0.1, 0.15) is 86.5 Å². The van der Waals surface area contributed by atoms with E-state index in [1.54, 1.807) is 0 Å². The first kappa shape index (κ1) is 21.0. The number of nitrogens with zero attached hydrogens (tertiary/aromatic N) is 2. The molecule has 0 bridgehead atoms. The molecule has 2 nitrogen and oxygen atoms in total. The van der Waals surface area contributed by atoms with Gasteiger partial charge in [-0.15, -0.1) is 0 Å². The molecule has 0 unspecified atom stereocenters. The Morgan fingerprint density at radius 3 is 1.13 bits per heavy atom. The van der Waals surface area contributed by atoms with Crippen LogP contribution in [0.25, 0.3) is 0 Å². The van der Waals surface area contributed by atoms with Gasteiger partial charge in [0.15, 0.2) is 0 Å². The van der Waals surface area contributed by atoms with E-state index in [4.69, 9.17) is 0 Å². The molecule has 0 aromatic rings. The first-order chi connectivity index (χ1) is 10.7. The minimum absolute atomic E-state index is 0.511. The second-order valence-electron chi connectivity index (χ2n) is 10.1. The van der Waals surface area contributed by atoms with Gasteiger partial charge in [0.1, 0.15) is 0 Å². The third-order valence-corrected chi connectivity index (χ3v) is 5.00. The lowest BCUT2D eigenvalue weighted by Crippen LogP contribution is -2.32. The lowest BCUT2D eigenvalue weighted by molar-refractivity contribution is 0.196. The fourth-order valence-corrected chi connectivity index (χ4v) is 3.18. The van der Waals surface area contributed by atoms with E-state index in [9.17, 15) is 0 Å². The van der Waals surface area contributed by atoms with Crippen LogP contribution in [0.5, 0.6) is 0 Å². The van der Waals surface area contributed by atoms with Crippen molar-refractivity contribution in [2.45, 2.75) is 86.5 Å². The van der Waals surface area contributed by atoms with Gasteiger partial charge < -0.3 is 9.80 Å². The first-order valence-electron chi connectivity index (χ1n) is 10.1. The van der Waals surface area contributed by atoms with Gasteiger partial charge in [0.2, 0.25) is 0 Å². The third-order valence-electron chi connectivity index (χ3n) is 5.00. The Balaban J connectivity index is 0.000000231. The van der Waals surface area contributed by atoms with Gasteiger partial charge in [-0.2, -0.15) is 0 Å². The molecule has 0 spiro atoms. The average molecular weight is 325 g/mol. The zero-order chi connectivity index (χ0) is 17.3. The lowest BCUT2D eigenvalue weighted by Gasteiger charge is -2.29. The molecule has 23 heavy (non-hydrogen) atoms. The van der Waals surface area contributed by atoms with E-state index < -0.39 is 0 Å². The minimum Gasteiger partial charge on any atom is -0.303 e. The van der Waals surface area contributed by atoms with Crippen molar-refractivity contribution in [2.75, 3.05) is 39.3 Å². The summed E-state index contributed by atoms with van der Waals surface area (Å²) in [4.78, 5) is 5.21. The highest BCUT2D eigenvalue weighted by molar-refractivity contribution is 4.70. The van der Waals surface area contributed by atoms with Gasteiger partial charge in [-0.3, -0.25) is 0 Å². The van der Waals surface area contributed by atoms with Gasteiger partial charge in [-0.05, 0) is 88.6 Å². The molecule has 0 saturated carbocycles. The highest BCUT2D eigenvalue weighted by atomic mass is 15.1. The molecule has 0 amide bonds. The maximum absolute atomic E-state index is 2.62. The van der Waals surface area contributed by atoms with E-state index in [1.165, 1.54) is 84.2 Å². The summed E-state index contributed by atoms with van der Waals surface area (Å²) in [5.74, 6) is 0. The van der Waals surface area contributed by atoms with E-state index in [1.807, 2.05) is 0 Å². The van der Waals surface area contributed by atoms with Crippen molar-refractivity contribution in [1.29, 1.82) is 0 Å². The van der Waals surface area contributed by atoms with Crippen LogP contribution in [-0.2, 0) is 0 Å². The molecule has 0 N–H and O–H groups in total. The fourth-order valence-electron chi connectivity index (χ4n) is 3.18. The molecule has 2 rings (SSSR count). The van der Waals surface area contributed by atoms with Crippen molar-refractivity contribution < 1.29 is 0 Å².